The summed E-state index contributed by atoms with van der Waals surface area (Å²) in [6.07, 6.45) is 1.56. The van der Waals surface area contributed by atoms with Gasteiger partial charge in [0.2, 0.25) is 0 Å². The maximum absolute atomic E-state index is 4.74. The van der Waals surface area contributed by atoms with Crippen LogP contribution >= 0.6 is 0 Å². The van der Waals surface area contributed by atoms with Crippen molar-refractivity contribution in [3.8, 4) is 11.3 Å². The number of hydrogen-bond donors (Lipinski definition) is 0. The molecule has 2 rings (SSSR count). The van der Waals surface area contributed by atoms with Crippen LogP contribution in [-0.4, -0.2) is 5.16 Å². The summed E-state index contributed by atoms with van der Waals surface area (Å²) in [5, 5.41) is 3.82. The van der Waals surface area contributed by atoms with E-state index in [1.807, 2.05) is 31.2 Å². The van der Waals surface area contributed by atoms with E-state index in [1.54, 1.807) is 6.26 Å². The summed E-state index contributed by atoms with van der Waals surface area (Å²) < 4.78 is 4.74. The Morgan fingerprint density at radius 1 is 1.42 bits per heavy atom. The normalized spacial score (nSPS) is 10.1. The lowest BCUT2D eigenvalue weighted by Gasteiger charge is -1.95. The Balaban J connectivity index is 2.48. The van der Waals surface area contributed by atoms with Crippen molar-refractivity contribution in [1.82, 2.24) is 5.16 Å². The first-order valence-corrected chi connectivity index (χ1v) is 3.75. The molecule has 1 aromatic carbocycles. The highest BCUT2D eigenvalue weighted by molar-refractivity contribution is 5.57. The largest absolute Gasteiger partial charge is 0.364 e. The summed E-state index contributed by atoms with van der Waals surface area (Å²) in [6.45, 7) is 2.04. The fourth-order valence-corrected chi connectivity index (χ4v) is 1.08. The summed E-state index contributed by atoms with van der Waals surface area (Å²) in [6, 6.07) is 10.8. The molecule has 2 aromatic rings. The molecule has 0 fully saturated rings. The zero-order valence-electron chi connectivity index (χ0n) is 6.74. The third-order valence-corrected chi connectivity index (χ3v) is 1.67. The Bertz CT molecular complexity index is 365. The smallest absolute Gasteiger partial charge is 0.124 e. The maximum Gasteiger partial charge on any atom is 0.124 e. The molecule has 0 N–H and O–H groups in total. The van der Waals surface area contributed by atoms with Crippen LogP contribution in [0.25, 0.3) is 11.3 Å². The van der Waals surface area contributed by atoms with Crippen LogP contribution < -0.4 is 0 Å². The molecule has 0 aliphatic rings. The van der Waals surface area contributed by atoms with E-state index in [-0.39, 0.29) is 0 Å². The molecular formula is C10H8NO. The summed E-state index contributed by atoms with van der Waals surface area (Å²) in [5.41, 5.74) is 3.01. The second-order valence-electron chi connectivity index (χ2n) is 2.66. The van der Waals surface area contributed by atoms with Crippen LogP contribution in [0.1, 0.15) is 5.56 Å². The van der Waals surface area contributed by atoms with E-state index in [0.29, 0.717) is 0 Å². The molecule has 59 valence electrons. The predicted molar refractivity (Wildman–Crippen MR) is 45.5 cm³/mol. The van der Waals surface area contributed by atoms with Gasteiger partial charge in [-0.05, 0) is 19.1 Å². The van der Waals surface area contributed by atoms with Crippen LogP contribution in [-0.2, 0) is 0 Å². The zero-order chi connectivity index (χ0) is 8.39. The standard InChI is InChI=1S/C10H8NO/c1-8-3-2-4-9(7-8)10-5-6-12-11-10/h2-3,5-7H,1H3. The summed E-state index contributed by atoms with van der Waals surface area (Å²) in [5.74, 6) is 0. The van der Waals surface area contributed by atoms with Gasteiger partial charge in [-0.2, -0.15) is 0 Å². The molecule has 0 bridgehead atoms. The van der Waals surface area contributed by atoms with Crippen LogP contribution in [0.3, 0.4) is 0 Å². The van der Waals surface area contributed by atoms with Gasteiger partial charge in [0, 0.05) is 11.6 Å². The molecule has 0 unspecified atom stereocenters. The molecule has 2 heteroatoms. The molecule has 1 aromatic heterocycles. The minimum atomic E-state index is 0.832. The second kappa shape index (κ2) is 2.81. The van der Waals surface area contributed by atoms with Crippen molar-refractivity contribution in [3.63, 3.8) is 0 Å². The van der Waals surface area contributed by atoms with Gasteiger partial charge in [-0.1, -0.05) is 22.9 Å². The molecule has 0 aliphatic heterocycles. The van der Waals surface area contributed by atoms with Crippen LogP contribution in [0.4, 0.5) is 0 Å². The van der Waals surface area contributed by atoms with E-state index in [0.717, 1.165) is 11.3 Å². The highest BCUT2D eigenvalue weighted by Gasteiger charge is 1.99. The van der Waals surface area contributed by atoms with Crippen molar-refractivity contribution in [2.24, 2.45) is 0 Å². The van der Waals surface area contributed by atoms with E-state index < -0.39 is 0 Å². The van der Waals surface area contributed by atoms with Crippen LogP contribution in [0, 0.1) is 13.0 Å². The van der Waals surface area contributed by atoms with Crippen molar-refractivity contribution in [3.05, 3.63) is 42.2 Å². The molecule has 0 saturated heterocycles. The van der Waals surface area contributed by atoms with Crippen molar-refractivity contribution < 1.29 is 4.52 Å². The average Bonchev–Trinajstić information content (AvgIpc) is 2.56. The molecule has 0 aliphatic carbocycles. The van der Waals surface area contributed by atoms with Gasteiger partial charge >= 0.3 is 0 Å². The molecule has 0 saturated carbocycles. The van der Waals surface area contributed by atoms with Crippen LogP contribution in [0.15, 0.2) is 35.1 Å². The number of benzene rings is 1. The highest BCUT2D eigenvalue weighted by Crippen LogP contribution is 2.16. The topological polar surface area (TPSA) is 26.0 Å². The van der Waals surface area contributed by atoms with Gasteiger partial charge in [0.05, 0.1) is 0 Å². The van der Waals surface area contributed by atoms with Crippen molar-refractivity contribution >= 4 is 0 Å². The van der Waals surface area contributed by atoms with Crippen LogP contribution in [0.2, 0.25) is 0 Å². The fraction of sp³-hybridized carbons (Fsp3) is 0.100. The lowest BCUT2D eigenvalue weighted by molar-refractivity contribution is 0.422. The number of nitrogens with zero attached hydrogens (tertiary/aromatic N) is 1. The minimum Gasteiger partial charge on any atom is -0.364 e. The van der Waals surface area contributed by atoms with E-state index in [9.17, 15) is 0 Å². The minimum absolute atomic E-state index is 0.832. The Hall–Kier alpha value is -1.57. The van der Waals surface area contributed by atoms with E-state index in [4.69, 9.17) is 4.52 Å². The number of aryl methyl sites for hydroxylation is 1. The number of hydrogen-bond acceptors (Lipinski definition) is 2. The van der Waals surface area contributed by atoms with Gasteiger partial charge in [0.25, 0.3) is 0 Å². The van der Waals surface area contributed by atoms with Gasteiger partial charge in [-0.25, -0.2) is 0 Å². The maximum atomic E-state index is 4.74. The molecule has 2 nitrogen and oxygen atoms in total. The molecule has 0 spiro atoms. The Labute approximate surface area is 70.8 Å². The lowest BCUT2D eigenvalue weighted by atomic mass is 10.1. The predicted octanol–water partition coefficient (Wildman–Crippen LogP) is 2.45. The Morgan fingerprint density at radius 3 is 3.00 bits per heavy atom. The third kappa shape index (κ3) is 1.23. The number of rotatable bonds is 1. The van der Waals surface area contributed by atoms with E-state index >= 15 is 0 Å². The van der Waals surface area contributed by atoms with Gasteiger partial charge < -0.3 is 4.52 Å². The first-order valence-electron chi connectivity index (χ1n) is 3.75. The number of aromatic nitrogens is 1. The SMILES string of the molecule is Cc1cc[c]c(-c2ccon2)c1. The van der Waals surface area contributed by atoms with Crippen molar-refractivity contribution in [2.45, 2.75) is 6.92 Å². The van der Waals surface area contributed by atoms with Gasteiger partial charge in [-0.3, -0.25) is 0 Å². The average molecular weight is 158 g/mol. The quantitative estimate of drug-likeness (QED) is 0.637. The third-order valence-electron chi connectivity index (χ3n) is 1.67. The van der Waals surface area contributed by atoms with Crippen LogP contribution in [0.5, 0.6) is 0 Å². The molecule has 0 atom stereocenters. The highest BCUT2D eigenvalue weighted by atomic mass is 16.5. The summed E-state index contributed by atoms with van der Waals surface area (Å²) >= 11 is 0. The van der Waals surface area contributed by atoms with E-state index in [2.05, 4.69) is 11.2 Å². The first-order chi connectivity index (χ1) is 5.86. The second-order valence-corrected chi connectivity index (χ2v) is 2.66. The molecule has 1 radical (unpaired) electrons. The lowest BCUT2D eigenvalue weighted by Crippen LogP contribution is -1.78. The molecule has 0 amide bonds. The Morgan fingerprint density at radius 2 is 2.33 bits per heavy atom. The van der Waals surface area contributed by atoms with Gasteiger partial charge in [-0.15, -0.1) is 0 Å². The Kier molecular flexibility index (Phi) is 1.67. The molecule has 1 heterocycles. The molecular weight excluding hydrogens is 150 g/mol. The monoisotopic (exact) mass is 158 g/mol. The van der Waals surface area contributed by atoms with Gasteiger partial charge in [0.15, 0.2) is 0 Å². The zero-order valence-corrected chi connectivity index (χ0v) is 6.74. The van der Waals surface area contributed by atoms with Crippen molar-refractivity contribution in [2.75, 3.05) is 0 Å². The van der Waals surface area contributed by atoms with Crippen molar-refractivity contribution in [1.29, 1.82) is 0 Å². The first kappa shape index (κ1) is 7.10. The summed E-state index contributed by atoms with van der Waals surface area (Å²) in [7, 11) is 0. The molecule has 12 heavy (non-hydrogen) atoms. The fourth-order valence-electron chi connectivity index (χ4n) is 1.08. The summed E-state index contributed by atoms with van der Waals surface area (Å²) in [4.78, 5) is 0. The van der Waals surface area contributed by atoms with E-state index in [1.165, 1.54) is 5.56 Å². The van der Waals surface area contributed by atoms with Gasteiger partial charge in [0.1, 0.15) is 12.0 Å².